The van der Waals surface area contributed by atoms with Gasteiger partial charge in [-0.1, -0.05) is 17.7 Å². The molecule has 0 bridgehead atoms. The summed E-state index contributed by atoms with van der Waals surface area (Å²) in [5.41, 5.74) is 6.42. The Kier molecular flexibility index (Phi) is 6.67. The van der Waals surface area contributed by atoms with E-state index in [1.165, 1.54) is 0 Å². The van der Waals surface area contributed by atoms with Crippen LogP contribution in [0.25, 0.3) is 0 Å². The van der Waals surface area contributed by atoms with Crippen LogP contribution in [0.5, 0.6) is 0 Å². The molecule has 0 unspecified atom stereocenters. The van der Waals surface area contributed by atoms with Gasteiger partial charge in [0, 0.05) is 43.3 Å². The molecule has 1 aromatic carbocycles. The molecule has 0 saturated carbocycles. The van der Waals surface area contributed by atoms with E-state index in [1.54, 1.807) is 4.90 Å². The number of nitrogens with one attached hydrogen (secondary N) is 1. The number of hydrogen-bond acceptors (Lipinski definition) is 4. The molecule has 7 heteroatoms. The minimum atomic E-state index is -0.124. The Morgan fingerprint density at radius 3 is 2.61 bits per heavy atom. The van der Waals surface area contributed by atoms with Crippen molar-refractivity contribution in [2.24, 2.45) is 5.73 Å². The molecule has 0 radical (unpaired) electrons. The van der Waals surface area contributed by atoms with Gasteiger partial charge in [0.1, 0.15) is 0 Å². The van der Waals surface area contributed by atoms with E-state index in [0.717, 1.165) is 18.8 Å². The molecule has 0 aromatic heterocycles. The van der Waals surface area contributed by atoms with E-state index in [2.05, 4.69) is 10.2 Å². The van der Waals surface area contributed by atoms with E-state index in [1.807, 2.05) is 24.3 Å². The number of carbonyl (C=O) groups is 2. The van der Waals surface area contributed by atoms with Gasteiger partial charge in [-0.3, -0.25) is 9.59 Å². The van der Waals surface area contributed by atoms with Gasteiger partial charge >= 0.3 is 0 Å². The summed E-state index contributed by atoms with van der Waals surface area (Å²) >= 11 is 6.01. The maximum atomic E-state index is 12.1. The minimum Gasteiger partial charge on any atom is -0.368 e. The highest BCUT2D eigenvalue weighted by atomic mass is 35.5. The van der Waals surface area contributed by atoms with Crippen molar-refractivity contribution in [3.05, 3.63) is 29.3 Å². The summed E-state index contributed by atoms with van der Waals surface area (Å²) in [6, 6.07) is 7.71. The lowest BCUT2D eigenvalue weighted by Crippen LogP contribution is -2.51. The Labute approximate surface area is 141 Å². The third kappa shape index (κ3) is 5.41. The number of piperazine rings is 1. The van der Waals surface area contributed by atoms with Gasteiger partial charge in [0.25, 0.3) is 0 Å². The molecule has 23 heavy (non-hydrogen) atoms. The SMILES string of the molecule is NCCCC(=O)NCC(=O)N1CCN(c2cccc(Cl)c2)CC1. The van der Waals surface area contributed by atoms with Crippen molar-refractivity contribution in [3.8, 4) is 0 Å². The summed E-state index contributed by atoms with van der Waals surface area (Å²) in [6.45, 7) is 3.34. The van der Waals surface area contributed by atoms with Crippen LogP contribution < -0.4 is 16.0 Å². The number of halogens is 1. The fourth-order valence-electron chi connectivity index (χ4n) is 2.52. The quantitative estimate of drug-likeness (QED) is 0.805. The van der Waals surface area contributed by atoms with E-state index in [4.69, 9.17) is 17.3 Å². The van der Waals surface area contributed by atoms with Crippen LogP contribution in [0, 0.1) is 0 Å². The Morgan fingerprint density at radius 2 is 1.96 bits per heavy atom. The highest BCUT2D eigenvalue weighted by Gasteiger charge is 2.21. The first-order valence-electron chi connectivity index (χ1n) is 7.85. The number of anilines is 1. The van der Waals surface area contributed by atoms with Gasteiger partial charge in [0.2, 0.25) is 11.8 Å². The number of rotatable bonds is 6. The summed E-state index contributed by atoms with van der Waals surface area (Å²) < 4.78 is 0. The van der Waals surface area contributed by atoms with Crippen molar-refractivity contribution in [2.75, 3.05) is 44.2 Å². The third-order valence-electron chi connectivity index (χ3n) is 3.85. The molecule has 0 atom stereocenters. The maximum Gasteiger partial charge on any atom is 0.242 e. The summed E-state index contributed by atoms with van der Waals surface area (Å²) in [7, 11) is 0. The topological polar surface area (TPSA) is 78.7 Å². The molecule has 0 aliphatic carbocycles. The van der Waals surface area contributed by atoms with Crippen molar-refractivity contribution in [2.45, 2.75) is 12.8 Å². The number of nitrogens with zero attached hydrogens (tertiary/aromatic N) is 2. The standard InChI is InChI=1S/C16H23ClN4O2/c17-13-3-1-4-14(11-13)20-7-9-21(10-8-20)16(23)12-19-15(22)5-2-6-18/h1,3-4,11H,2,5-10,12,18H2,(H,19,22). The number of amides is 2. The summed E-state index contributed by atoms with van der Waals surface area (Å²) in [6.07, 6.45) is 1.00. The minimum absolute atomic E-state index is 0.0446. The molecule has 1 aliphatic heterocycles. The number of hydrogen-bond donors (Lipinski definition) is 2. The van der Waals surface area contributed by atoms with E-state index >= 15 is 0 Å². The Hall–Kier alpha value is -1.79. The van der Waals surface area contributed by atoms with Crippen LogP contribution in [0.15, 0.2) is 24.3 Å². The Morgan fingerprint density at radius 1 is 1.22 bits per heavy atom. The van der Waals surface area contributed by atoms with Crippen LogP contribution in [0.2, 0.25) is 5.02 Å². The zero-order valence-electron chi connectivity index (χ0n) is 13.1. The van der Waals surface area contributed by atoms with Gasteiger partial charge in [0.15, 0.2) is 0 Å². The molecular weight excluding hydrogens is 316 g/mol. The summed E-state index contributed by atoms with van der Waals surface area (Å²) in [5, 5.41) is 3.36. The van der Waals surface area contributed by atoms with Gasteiger partial charge in [-0.15, -0.1) is 0 Å². The summed E-state index contributed by atoms with van der Waals surface area (Å²) in [5.74, 6) is -0.168. The highest BCUT2D eigenvalue weighted by molar-refractivity contribution is 6.30. The summed E-state index contributed by atoms with van der Waals surface area (Å²) in [4.78, 5) is 27.6. The lowest BCUT2D eigenvalue weighted by atomic mass is 10.2. The molecule has 6 nitrogen and oxygen atoms in total. The van der Waals surface area contributed by atoms with Gasteiger partial charge < -0.3 is 20.9 Å². The van der Waals surface area contributed by atoms with E-state index in [0.29, 0.717) is 37.5 Å². The second kappa shape index (κ2) is 8.74. The number of nitrogens with two attached hydrogens (primary N) is 1. The van der Waals surface area contributed by atoms with E-state index in [9.17, 15) is 9.59 Å². The van der Waals surface area contributed by atoms with Crippen molar-refractivity contribution >= 4 is 29.1 Å². The first-order valence-corrected chi connectivity index (χ1v) is 8.23. The maximum absolute atomic E-state index is 12.1. The fraction of sp³-hybridized carbons (Fsp3) is 0.500. The van der Waals surface area contributed by atoms with Crippen LogP contribution in [0.3, 0.4) is 0 Å². The number of benzene rings is 1. The zero-order chi connectivity index (χ0) is 16.7. The first kappa shape index (κ1) is 17.6. The Bertz CT molecular complexity index is 545. The molecule has 1 aliphatic rings. The largest absolute Gasteiger partial charge is 0.368 e. The lowest BCUT2D eigenvalue weighted by molar-refractivity contribution is -0.133. The Balaban J connectivity index is 1.75. The normalized spacial score (nSPS) is 14.7. The van der Waals surface area contributed by atoms with Crippen molar-refractivity contribution in [1.29, 1.82) is 0 Å². The van der Waals surface area contributed by atoms with Crippen molar-refractivity contribution in [3.63, 3.8) is 0 Å². The molecule has 0 spiro atoms. The lowest BCUT2D eigenvalue weighted by Gasteiger charge is -2.36. The average molecular weight is 339 g/mol. The van der Waals surface area contributed by atoms with Crippen LogP contribution >= 0.6 is 11.6 Å². The molecule has 1 fully saturated rings. The molecule has 2 rings (SSSR count). The fourth-order valence-corrected chi connectivity index (χ4v) is 2.71. The van der Waals surface area contributed by atoms with Crippen LogP contribution in [0.1, 0.15) is 12.8 Å². The third-order valence-corrected chi connectivity index (χ3v) is 4.09. The molecule has 2 amide bonds. The van der Waals surface area contributed by atoms with Gasteiger partial charge in [0.05, 0.1) is 6.54 Å². The zero-order valence-corrected chi connectivity index (χ0v) is 13.9. The highest BCUT2D eigenvalue weighted by Crippen LogP contribution is 2.20. The van der Waals surface area contributed by atoms with E-state index < -0.39 is 0 Å². The second-order valence-corrected chi connectivity index (χ2v) is 5.95. The molecule has 1 heterocycles. The van der Waals surface area contributed by atoms with Gasteiger partial charge in [-0.05, 0) is 31.2 Å². The van der Waals surface area contributed by atoms with Crippen LogP contribution in [-0.4, -0.2) is 56.0 Å². The van der Waals surface area contributed by atoms with Crippen molar-refractivity contribution < 1.29 is 9.59 Å². The molecule has 3 N–H and O–H groups in total. The van der Waals surface area contributed by atoms with Crippen LogP contribution in [-0.2, 0) is 9.59 Å². The van der Waals surface area contributed by atoms with Crippen LogP contribution in [0.4, 0.5) is 5.69 Å². The predicted octanol–water partition coefficient (Wildman–Crippen LogP) is 0.844. The average Bonchev–Trinajstić information content (AvgIpc) is 2.58. The smallest absolute Gasteiger partial charge is 0.242 e. The van der Waals surface area contributed by atoms with Gasteiger partial charge in [-0.2, -0.15) is 0 Å². The first-order chi connectivity index (χ1) is 11.1. The molecular formula is C16H23ClN4O2. The van der Waals surface area contributed by atoms with Gasteiger partial charge in [-0.25, -0.2) is 0 Å². The molecule has 126 valence electrons. The van der Waals surface area contributed by atoms with Crippen molar-refractivity contribution in [1.82, 2.24) is 10.2 Å². The monoisotopic (exact) mass is 338 g/mol. The molecule has 1 aromatic rings. The number of carbonyl (C=O) groups excluding carboxylic acids is 2. The van der Waals surface area contributed by atoms with E-state index in [-0.39, 0.29) is 18.4 Å². The second-order valence-electron chi connectivity index (χ2n) is 5.52. The molecule has 1 saturated heterocycles. The predicted molar refractivity (Wildman–Crippen MR) is 91.5 cm³/mol.